The van der Waals surface area contributed by atoms with Crippen LogP contribution in [-0.2, 0) is 14.7 Å². The van der Waals surface area contributed by atoms with Crippen molar-refractivity contribution in [3.63, 3.8) is 0 Å². The van der Waals surface area contributed by atoms with Crippen LogP contribution in [0.4, 0.5) is 0 Å². The van der Waals surface area contributed by atoms with Gasteiger partial charge in [-0.1, -0.05) is 44.2 Å². The van der Waals surface area contributed by atoms with Crippen molar-refractivity contribution < 1.29 is 9.31 Å². The van der Waals surface area contributed by atoms with Crippen LogP contribution in [0.3, 0.4) is 0 Å². The highest BCUT2D eigenvalue weighted by Crippen LogP contribution is 2.66. The summed E-state index contributed by atoms with van der Waals surface area (Å²) in [6.07, 6.45) is 1.16. The Morgan fingerprint density at radius 3 is 2.00 bits per heavy atom. The maximum atomic E-state index is 6.29. The summed E-state index contributed by atoms with van der Waals surface area (Å²) >= 11 is 0. The summed E-state index contributed by atoms with van der Waals surface area (Å²) in [6.45, 7) is 13.2. The molecule has 2 nitrogen and oxygen atoms in total. The fourth-order valence-electron chi connectivity index (χ4n) is 3.77. The first-order valence-corrected chi connectivity index (χ1v) is 8.12. The van der Waals surface area contributed by atoms with Gasteiger partial charge in [0.15, 0.2) is 0 Å². The summed E-state index contributed by atoms with van der Waals surface area (Å²) in [4.78, 5) is 0. The summed E-state index contributed by atoms with van der Waals surface area (Å²) in [7, 11) is -0.0855. The van der Waals surface area contributed by atoms with E-state index in [0.717, 1.165) is 6.42 Å². The molecule has 1 saturated carbocycles. The van der Waals surface area contributed by atoms with E-state index in [1.807, 2.05) is 0 Å². The van der Waals surface area contributed by atoms with Crippen molar-refractivity contribution in [3.8, 4) is 0 Å². The molecule has 2 aliphatic rings. The molecule has 0 radical (unpaired) electrons. The fraction of sp³-hybridized carbons (Fsp3) is 0.667. The van der Waals surface area contributed by atoms with E-state index >= 15 is 0 Å². The van der Waals surface area contributed by atoms with Crippen molar-refractivity contribution in [1.29, 1.82) is 0 Å². The van der Waals surface area contributed by atoms with E-state index in [1.165, 1.54) is 5.56 Å². The molecule has 1 saturated heterocycles. The molecule has 0 aromatic heterocycles. The third-order valence-corrected chi connectivity index (χ3v) is 6.00. The second-order valence-corrected chi connectivity index (χ2v) is 8.00. The summed E-state index contributed by atoms with van der Waals surface area (Å²) in [5.41, 5.74) is 1.17. The first kappa shape index (κ1) is 15.1. The number of hydrogen-bond acceptors (Lipinski definition) is 2. The van der Waals surface area contributed by atoms with Gasteiger partial charge in [0.25, 0.3) is 0 Å². The van der Waals surface area contributed by atoms with Crippen LogP contribution in [-0.4, -0.2) is 18.3 Å². The summed E-state index contributed by atoms with van der Waals surface area (Å²) in [5, 5.41) is 0. The molecule has 1 aromatic rings. The molecular formula is C18H27BO2. The lowest BCUT2D eigenvalue weighted by Crippen LogP contribution is -2.41. The SMILES string of the molecule is CC(C)[C@@]1(c2ccccc2)C[C@@H]1B1OC(C)(C)C(C)(C)O1. The normalized spacial score (nSPS) is 33.5. The molecule has 21 heavy (non-hydrogen) atoms. The van der Waals surface area contributed by atoms with Gasteiger partial charge in [-0.15, -0.1) is 0 Å². The third kappa shape index (κ3) is 2.17. The Morgan fingerprint density at radius 1 is 1.00 bits per heavy atom. The van der Waals surface area contributed by atoms with Crippen LogP contribution in [0, 0.1) is 5.92 Å². The third-order valence-electron chi connectivity index (χ3n) is 6.00. The standard InChI is InChI=1S/C18H27BO2/c1-13(2)18(14-10-8-7-9-11-14)12-15(18)19-20-16(3,4)17(5,6)21-19/h7-11,13,15H,12H2,1-6H3/t15-,18+/m0/s1. The van der Waals surface area contributed by atoms with E-state index in [4.69, 9.17) is 9.31 Å². The van der Waals surface area contributed by atoms with Crippen LogP contribution in [0.15, 0.2) is 30.3 Å². The zero-order valence-electron chi connectivity index (χ0n) is 14.1. The van der Waals surface area contributed by atoms with Gasteiger partial charge in [-0.05, 0) is 51.0 Å². The van der Waals surface area contributed by atoms with Crippen molar-refractivity contribution in [2.24, 2.45) is 5.92 Å². The highest BCUT2D eigenvalue weighted by atomic mass is 16.7. The first-order chi connectivity index (χ1) is 9.71. The molecule has 0 unspecified atom stereocenters. The molecule has 1 aromatic carbocycles. The minimum Gasteiger partial charge on any atom is -0.403 e. The molecule has 0 amide bonds. The molecule has 0 spiro atoms. The maximum absolute atomic E-state index is 6.29. The predicted octanol–water partition coefficient (Wildman–Crippen LogP) is 4.45. The quantitative estimate of drug-likeness (QED) is 0.764. The van der Waals surface area contributed by atoms with Gasteiger partial charge in [0.05, 0.1) is 11.2 Å². The molecule has 1 aliphatic carbocycles. The molecular weight excluding hydrogens is 259 g/mol. The van der Waals surface area contributed by atoms with Gasteiger partial charge in [-0.2, -0.15) is 0 Å². The van der Waals surface area contributed by atoms with Gasteiger partial charge in [-0.25, -0.2) is 0 Å². The van der Waals surface area contributed by atoms with Crippen LogP contribution < -0.4 is 0 Å². The Bertz CT molecular complexity index is 507. The largest absolute Gasteiger partial charge is 0.462 e. The number of benzene rings is 1. The molecule has 3 rings (SSSR count). The highest BCUT2D eigenvalue weighted by Gasteiger charge is 2.67. The fourth-order valence-corrected chi connectivity index (χ4v) is 3.77. The van der Waals surface area contributed by atoms with E-state index in [9.17, 15) is 0 Å². The second-order valence-electron chi connectivity index (χ2n) is 8.00. The van der Waals surface area contributed by atoms with Gasteiger partial charge >= 0.3 is 7.12 Å². The summed E-state index contributed by atoms with van der Waals surface area (Å²) < 4.78 is 12.6. The highest BCUT2D eigenvalue weighted by molar-refractivity contribution is 6.49. The van der Waals surface area contributed by atoms with Gasteiger partial charge < -0.3 is 9.31 Å². The predicted molar refractivity (Wildman–Crippen MR) is 87.4 cm³/mol. The Labute approximate surface area is 129 Å². The molecule has 1 heterocycles. The molecule has 0 N–H and O–H groups in total. The van der Waals surface area contributed by atoms with Gasteiger partial charge in [0.2, 0.25) is 0 Å². The van der Waals surface area contributed by atoms with Crippen molar-refractivity contribution in [2.45, 2.75) is 70.4 Å². The van der Waals surface area contributed by atoms with Crippen LogP contribution in [0.2, 0.25) is 5.82 Å². The lowest BCUT2D eigenvalue weighted by molar-refractivity contribution is 0.00578. The first-order valence-electron chi connectivity index (χ1n) is 8.12. The minimum atomic E-state index is -0.236. The average Bonchev–Trinajstić information content (AvgIpc) is 3.10. The zero-order valence-corrected chi connectivity index (χ0v) is 14.1. The minimum absolute atomic E-state index is 0.0855. The summed E-state index contributed by atoms with van der Waals surface area (Å²) in [5.74, 6) is 1.05. The lowest BCUT2D eigenvalue weighted by Gasteiger charge is -2.32. The molecule has 1 aliphatic heterocycles. The van der Waals surface area contributed by atoms with Crippen molar-refractivity contribution in [3.05, 3.63) is 35.9 Å². The average molecular weight is 286 g/mol. The van der Waals surface area contributed by atoms with Crippen molar-refractivity contribution in [2.75, 3.05) is 0 Å². The Kier molecular flexibility index (Phi) is 3.31. The van der Waals surface area contributed by atoms with Crippen molar-refractivity contribution in [1.82, 2.24) is 0 Å². The zero-order chi connectivity index (χ0) is 15.5. The summed E-state index contributed by atoms with van der Waals surface area (Å²) in [6, 6.07) is 10.9. The van der Waals surface area contributed by atoms with Gasteiger partial charge in [-0.3, -0.25) is 0 Å². The van der Waals surface area contributed by atoms with E-state index in [2.05, 4.69) is 71.9 Å². The number of hydrogen-bond donors (Lipinski definition) is 0. The van der Waals surface area contributed by atoms with Crippen LogP contribution in [0.5, 0.6) is 0 Å². The molecule has 2 fully saturated rings. The molecule has 3 heteroatoms. The topological polar surface area (TPSA) is 18.5 Å². The van der Waals surface area contributed by atoms with E-state index < -0.39 is 0 Å². The number of rotatable bonds is 3. The van der Waals surface area contributed by atoms with Crippen LogP contribution in [0.1, 0.15) is 53.5 Å². The Balaban J connectivity index is 1.87. The van der Waals surface area contributed by atoms with Crippen LogP contribution >= 0.6 is 0 Å². The van der Waals surface area contributed by atoms with E-state index in [1.54, 1.807) is 0 Å². The molecule has 0 bridgehead atoms. The molecule has 2 atom stereocenters. The van der Waals surface area contributed by atoms with Gasteiger partial charge in [0.1, 0.15) is 0 Å². The lowest BCUT2D eigenvalue weighted by atomic mass is 9.70. The Morgan fingerprint density at radius 2 is 1.52 bits per heavy atom. The van der Waals surface area contributed by atoms with Crippen LogP contribution in [0.25, 0.3) is 0 Å². The van der Waals surface area contributed by atoms with E-state index in [0.29, 0.717) is 11.7 Å². The monoisotopic (exact) mass is 286 g/mol. The maximum Gasteiger partial charge on any atom is 0.462 e. The second kappa shape index (κ2) is 4.60. The van der Waals surface area contributed by atoms with Gasteiger partial charge in [0, 0.05) is 5.82 Å². The van der Waals surface area contributed by atoms with E-state index in [-0.39, 0.29) is 23.7 Å². The van der Waals surface area contributed by atoms with Crippen molar-refractivity contribution >= 4 is 7.12 Å². The Hall–Kier alpha value is -0.795. The molecule has 114 valence electrons. The smallest absolute Gasteiger partial charge is 0.403 e.